The van der Waals surface area contributed by atoms with E-state index in [0.29, 0.717) is 16.4 Å². The molecule has 0 bridgehead atoms. The van der Waals surface area contributed by atoms with E-state index in [9.17, 15) is 14.9 Å². The number of allylic oxidation sites excluding steroid dienone is 1. The van der Waals surface area contributed by atoms with Gasteiger partial charge in [0.2, 0.25) is 0 Å². The normalized spacial score (nSPS) is 11.0. The van der Waals surface area contributed by atoms with Gasteiger partial charge in [0.15, 0.2) is 5.78 Å². The molecule has 0 saturated heterocycles. The molecule has 0 fully saturated rings. The van der Waals surface area contributed by atoms with E-state index < -0.39 is 4.92 Å². The number of nitrogens with zero attached hydrogens (tertiary/aromatic N) is 1. The van der Waals surface area contributed by atoms with Crippen molar-refractivity contribution >= 4 is 44.8 Å². The molecule has 1 aromatic heterocycles. The smallest absolute Gasteiger partial charge is 0.269 e. The number of ketones is 1. The zero-order valence-electron chi connectivity index (χ0n) is 17.7. The Morgan fingerprint density at radius 2 is 1.94 bits per heavy atom. The molecule has 0 amide bonds. The zero-order valence-corrected chi connectivity index (χ0v) is 20.1. The Morgan fingerprint density at radius 1 is 1.19 bits per heavy atom. The molecule has 166 valence electrons. The van der Waals surface area contributed by atoms with Crippen LogP contribution in [-0.4, -0.2) is 17.8 Å². The summed E-state index contributed by atoms with van der Waals surface area (Å²) >= 11 is 5.04. The molecule has 0 aliphatic heterocycles. The van der Waals surface area contributed by atoms with Crippen molar-refractivity contribution in [2.45, 2.75) is 26.4 Å². The highest BCUT2D eigenvalue weighted by atomic mass is 79.9. The molecule has 0 atom stereocenters. The number of carbonyl (C=O) groups is 1. The Kier molecular flexibility index (Phi) is 8.19. The number of aryl methyl sites for hydroxylation is 1. The molecule has 0 saturated carbocycles. The first kappa shape index (κ1) is 23.7. The summed E-state index contributed by atoms with van der Waals surface area (Å²) in [5, 5.41) is 10.8. The molecule has 1 heterocycles. The van der Waals surface area contributed by atoms with Crippen LogP contribution in [0.25, 0.3) is 6.08 Å². The highest BCUT2D eigenvalue weighted by Crippen LogP contribution is 2.29. The fourth-order valence-corrected chi connectivity index (χ4v) is 4.91. The van der Waals surface area contributed by atoms with Crippen molar-refractivity contribution in [3.63, 3.8) is 0 Å². The Balaban J connectivity index is 1.71. The SMILES string of the molecule is CCCc1sc(C(=O)/C=C/c2ccc(OC)c(COc3ccc([N+](=O)[O-])cc3)c2)cc1Br. The average Bonchev–Trinajstić information content (AvgIpc) is 3.17. The number of halogens is 1. The summed E-state index contributed by atoms with van der Waals surface area (Å²) in [5.74, 6) is 1.12. The van der Waals surface area contributed by atoms with Crippen molar-refractivity contribution in [2.24, 2.45) is 0 Å². The molecular formula is C24H22BrNO5S. The Labute approximate surface area is 198 Å². The number of nitro benzene ring substituents is 1. The van der Waals surface area contributed by atoms with Gasteiger partial charge >= 0.3 is 0 Å². The first-order chi connectivity index (χ1) is 15.4. The highest BCUT2D eigenvalue weighted by Gasteiger charge is 2.11. The lowest BCUT2D eigenvalue weighted by atomic mass is 10.1. The monoisotopic (exact) mass is 515 g/mol. The number of benzene rings is 2. The Hall–Kier alpha value is -2.97. The predicted octanol–water partition coefficient (Wildman–Crippen LogP) is 6.86. The van der Waals surface area contributed by atoms with E-state index in [1.165, 1.54) is 28.3 Å². The van der Waals surface area contributed by atoms with Crippen LogP contribution in [-0.2, 0) is 13.0 Å². The van der Waals surface area contributed by atoms with Crippen LogP contribution >= 0.6 is 27.3 Å². The van der Waals surface area contributed by atoms with Gasteiger partial charge in [0, 0.05) is 27.0 Å². The van der Waals surface area contributed by atoms with Crippen LogP contribution in [0.5, 0.6) is 11.5 Å². The zero-order chi connectivity index (χ0) is 23.1. The molecule has 0 aliphatic carbocycles. The molecule has 2 aromatic carbocycles. The third-order valence-corrected chi connectivity index (χ3v) is 6.83. The lowest BCUT2D eigenvalue weighted by Gasteiger charge is -2.11. The molecule has 3 rings (SSSR count). The third-order valence-electron chi connectivity index (χ3n) is 4.65. The average molecular weight is 516 g/mol. The maximum atomic E-state index is 12.6. The third kappa shape index (κ3) is 6.05. The van der Waals surface area contributed by atoms with Crippen molar-refractivity contribution in [3.8, 4) is 11.5 Å². The predicted molar refractivity (Wildman–Crippen MR) is 130 cm³/mol. The summed E-state index contributed by atoms with van der Waals surface area (Å²) in [4.78, 5) is 24.8. The Morgan fingerprint density at radius 3 is 2.59 bits per heavy atom. The molecule has 8 heteroatoms. The second-order valence-corrected chi connectivity index (χ2v) is 8.93. The number of non-ortho nitro benzene ring substituents is 1. The number of nitro groups is 1. The van der Waals surface area contributed by atoms with Crippen LogP contribution in [0.2, 0.25) is 0 Å². The van der Waals surface area contributed by atoms with Gasteiger partial charge in [-0.25, -0.2) is 0 Å². The topological polar surface area (TPSA) is 78.7 Å². The number of hydrogen-bond donors (Lipinski definition) is 0. The summed E-state index contributed by atoms with van der Waals surface area (Å²) in [6.45, 7) is 2.33. The van der Waals surface area contributed by atoms with Crippen molar-refractivity contribution in [3.05, 3.63) is 90.1 Å². The minimum Gasteiger partial charge on any atom is -0.496 e. The van der Waals surface area contributed by atoms with Gasteiger partial charge in [-0.15, -0.1) is 11.3 Å². The van der Waals surface area contributed by atoms with E-state index in [1.807, 2.05) is 24.3 Å². The summed E-state index contributed by atoms with van der Waals surface area (Å²) in [6, 6.07) is 13.3. The standard InChI is InChI=1S/C24H22BrNO5S/c1-3-4-23-20(25)14-24(32-23)21(27)11-5-16-6-12-22(30-2)17(13-16)15-31-19-9-7-18(8-10-19)26(28)29/h5-14H,3-4,15H2,1-2H3/b11-5+. The second kappa shape index (κ2) is 11.1. The molecule has 6 nitrogen and oxygen atoms in total. The summed E-state index contributed by atoms with van der Waals surface area (Å²) in [5.41, 5.74) is 1.64. The largest absolute Gasteiger partial charge is 0.496 e. The molecule has 0 radical (unpaired) electrons. The van der Waals surface area contributed by atoms with Gasteiger partial charge in [-0.1, -0.05) is 25.5 Å². The van der Waals surface area contributed by atoms with Crippen molar-refractivity contribution in [2.75, 3.05) is 7.11 Å². The van der Waals surface area contributed by atoms with Crippen LogP contribution in [0.4, 0.5) is 5.69 Å². The van der Waals surface area contributed by atoms with Gasteiger partial charge in [-0.3, -0.25) is 14.9 Å². The number of ether oxygens (including phenoxy) is 2. The van der Waals surface area contributed by atoms with Crippen molar-refractivity contribution in [1.82, 2.24) is 0 Å². The van der Waals surface area contributed by atoms with Crippen LogP contribution in [0.15, 0.2) is 59.1 Å². The van der Waals surface area contributed by atoms with Gasteiger partial charge in [0.1, 0.15) is 18.1 Å². The first-order valence-corrected chi connectivity index (χ1v) is 11.6. The summed E-state index contributed by atoms with van der Waals surface area (Å²) < 4.78 is 12.2. The van der Waals surface area contributed by atoms with Crippen molar-refractivity contribution in [1.29, 1.82) is 0 Å². The fourth-order valence-electron chi connectivity index (χ4n) is 3.02. The van der Waals surface area contributed by atoms with E-state index in [2.05, 4.69) is 22.9 Å². The second-order valence-electron chi connectivity index (χ2n) is 6.94. The van der Waals surface area contributed by atoms with Crippen molar-refractivity contribution < 1.29 is 19.2 Å². The minimum absolute atomic E-state index is 0.00585. The molecule has 3 aromatic rings. The molecular weight excluding hydrogens is 494 g/mol. The lowest BCUT2D eigenvalue weighted by Crippen LogP contribution is -1.99. The van der Waals surface area contributed by atoms with Gasteiger partial charge in [-0.2, -0.15) is 0 Å². The number of carbonyl (C=O) groups excluding carboxylic acids is 1. The van der Waals surface area contributed by atoms with Crippen LogP contribution < -0.4 is 9.47 Å². The minimum atomic E-state index is -0.455. The molecule has 0 spiro atoms. The molecule has 0 N–H and O–H groups in total. The van der Waals surface area contributed by atoms with Crippen LogP contribution in [0, 0.1) is 10.1 Å². The maximum absolute atomic E-state index is 12.6. The van der Waals surface area contributed by atoms with E-state index in [4.69, 9.17) is 9.47 Å². The van der Waals surface area contributed by atoms with Crippen LogP contribution in [0.3, 0.4) is 0 Å². The Bertz CT molecular complexity index is 1140. The lowest BCUT2D eigenvalue weighted by molar-refractivity contribution is -0.384. The van der Waals surface area contributed by atoms with Gasteiger partial charge < -0.3 is 9.47 Å². The van der Waals surface area contributed by atoms with E-state index in [1.54, 1.807) is 31.4 Å². The summed E-state index contributed by atoms with van der Waals surface area (Å²) in [7, 11) is 1.58. The maximum Gasteiger partial charge on any atom is 0.269 e. The van der Waals surface area contributed by atoms with Crippen LogP contribution in [0.1, 0.15) is 39.0 Å². The highest BCUT2D eigenvalue weighted by molar-refractivity contribution is 9.10. The molecule has 0 unspecified atom stereocenters. The first-order valence-electron chi connectivity index (χ1n) is 9.96. The van der Waals surface area contributed by atoms with Gasteiger partial charge in [-0.05, 0) is 64.3 Å². The van der Waals surface area contributed by atoms with E-state index in [0.717, 1.165) is 28.4 Å². The molecule has 0 aliphatic rings. The van der Waals surface area contributed by atoms with E-state index >= 15 is 0 Å². The van der Waals surface area contributed by atoms with E-state index in [-0.39, 0.29) is 18.1 Å². The quantitative estimate of drug-likeness (QED) is 0.127. The van der Waals surface area contributed by atoms with Gasteiger partial charge in [0.25, 0.3) is 5.69 Å². The van der Waals surface area contributed by atoms with Gasteiger partial charge in [0.05, 0.1) is 16.9 Å². The number of methoxy groups -OCH3 is 1. The number of thiophene rings is 1. The number of hydrogen-bond acceptors (Lipinski definition) is 6. The molecule has 32 heavy (non-hydrogen) atoms. The summed E-state index contributed by atoms with van der Waals surface area (Å²) in [6.07, 6.45) is 5.30. The fraction of sp³-hybridized carbons (Fsp3) is 0.208. The number of rotatable bonds is 10.